The molecule has 1 aromatic heterocycles. The second-order valence-corrected chi connectivity index (χ2v) is 10.9. The predicted molar refractivity (Wildman–Crippen MR) is 79.7 cm³/mol. The van der Waals surface area contributed by atoms with Gasteiger partial charge in [-0.15, -0.1) is 0 Å². The fraction of sp³-hybridized carbons (Fsp3) is 0.529. The number of hydrogen-bond donors (Lipinski definition) is 1. The van der Waals surface area contributed by atoms with Crippen molar-refractivity contribution >= 4 is 3.27 Å². The number of hydrogen-bond acceptors (Lipinski definition) is 0. The summed E-state index contributed by atoms with van der Waals surface area (Å²) in [4.78, 5) is 3.73. The smallest absolute Gasteiger partial charge is 1.00 e. The summed E-state index contributed by atoms with van der Waals surface area (Å²) in [5, 5.41) is 0. The monoisotopic (exact) mass is 403 g/mol. The van der Waals surface area contributed by atoms with Crippen molar-refractivity contribution in [2.75, 3.05) is 0 Å². The van der Waals surface area contributed by atoms with Crippen LogP contribution in [0, 0.1) is 0 Å². The number of aromatic nitrogens is 1. The minimum absolute atomic E-state index is 0. The van der Waals surface area contributed by atoms with Gasteiger partial charge in [0, 0.05) is 0 Å². The van der Waals surface area contributed by atoms with Gasteiger partial charge in [0.05, 0.1) is 0 Å². The Morgan fingerprint density at radius 3 is 2.05 bits per heavy atom. The molecule has 1 heterocycles. The fourth-order valence-corrected chi connectivity index (χ4v) is 6.01. The number of rotatable bonds is 2. The molecule has 0 atom stereocenters. The summed E-state index contributed by atoms with van der Waals surface area (Å²) >= 11 is -0.625. The molecule has 1 N–H and O–H groups in total. The Morgan fingerprint density at radius 2 is 1.62 bits per heavy atom. The fourth-order valence-electron chi connectivity index (χ4n) is 2.26. The normalized spacial score (nSPS) is 14.1. The zero-order chi connectivity index (χ0) is 14.3. The van der Waals surface area contributed by atoms with Gasteiger partial charge >= 0.3 is 129 Å². The van der Waals surface area contributed by atoms with Crippen LogP contribution in [0.4, 0.5) is 0 Å². The van der Waals surface area contributed by atoms with Crippen LogP contribution < -0.4 is 28.1 Å². The van der Waals surface area contributed by atoms with Crippen LogP contribution in [0.3, 0.4) is 0 Å². The van der Waals surface area contributed by atoms with Gasteiger partial charge in [-0.1, -0.05) is 0 Å². The third kappa shape index (κ3) is 5.41. The Balaban J connectivity index is 0.00000200. The van der Waals surface area contributed by atoms with Crippen molar-refractivity contribution in [1.29, 1.82) is 0 Å². The summed E-state index contributed by atoms with van der Waals surface area (Å²) in [6.45, 7) is 13.8. The molecule has 0 amide bonds. The predicted octanol–water partition coefficient (Wildman–Crippen LogP) is -1.83. The quantitative estimate of drug-likeness (QED) is 0.596. The summed E-state index contributed by atoms with van der Waals surface area (Å²) in [7, 11) is 0. The molecule has 0 aromatic carbocycles. The first-order chi connectivity index (χ1) is 8.68. The van der Waals surface area contributed by atoms with E-state index < -0.39 is 23.2 Å². The van der Waals surface area contributed by atoms with Crippen molar-refractivity contribution in [2.24, 2.45) is 0 Å². The number of aromatic amines is 1. The van der Waals surface area contributed by atoms with E-state index in [-0.39, 0.29) is 35.6 Å². The molecule has 1 aliphatic carbocycles. The summed E-state index contributed by atoms with van der Waals surface area (Å²) in [5.41, 5.74) is 3.28. The first-order valence-corrected chi connectivity index (χ1v) is 9.50. The van der Waals surface area contributed by atoms with E-state index >= 15 is 0 Å². The van der Waals surface area contributed by atoms with Gasteiger partial charge in [-0.05, 0) is 0 Å². The molecule has 0 saturated carbocycles. The Hall–Kier alpha value is 0.223. The zero-order valence-electron chi connectivity index (χ0n) is 13.8. The van der Waals surface area contributed by atoms with Gasteiger partial charge in [-0.2, -0.15) is 0 Å². The molecule has 0 spiro atoms. The van der Waals surface area contributed by atoms with Gasteiger partial charge in [-0.25, -0.2) is 0 Å². The molecule has 0 fully saturated rings. The maximum absolute atomic E-state index is 3.73. The summed E-state index contributed by atoms with van der Waals surface area (Å²) < 4.78 is 3.32. The molecular formula is C17H25Cl2NZr. The maximum Gasteiger partial charge on any atom is -1.00 e. The Labute approximate surface area is 153 Å². The number of halogens is 2. The van der Waals surface area contributed by atoms with Gasteiger partial charge in [0.15, 0.2) is 0 Å². The standard InChI is InChI=1S/C12H20N.C5H5.2ClH.Zr/c1-11(2,3)9-7-8-10(13-9)12(4,5)6;1-2-4-5-3-1;;;/h7,13H,1-6H3;1-3H,4H2;2*1H;/q;;;;+2/p-2. The molecule has 0 radical (unpaired) electrons. The van der Waals surface area contributed by atoms with Crippen molar-refractivity contribution < 1.29 is 48.0 Å². The van der Waals surface area contributed by atoms with Crippen LogP contribution in [0.1, 0.15) is 59.4 Å². The maximum atomic E-state index is 3.73. The SMILES string of the molecule is CC(C)(C)c1c[c]([Zr+2][C]2=CC=CC2)c(C(C)(C)C)[nH]1.[Cl-].[Cl-]. The average molecular weight is 406 g/mol. The zero-order valence-corrected chi connectivity index (χ0v) is 17.7. The summed E-state index contributed by atoms with van der Waals surface area (Å²) in [6, 6.07) is 2.45. The Morgan fingerprint density at radius 1 is 1.00 bits per heavy atom. The van der Waals surface area contributed by atoms with Crippen molar-refractivity contribution in [3.05, 3.63) is 39.0 Å². The van der Waals surface area contributed by atoms with E-state index in [0.29, 0.717) is 0 Å². The van der Waals surface area contributed by atoms with Crippen LogP contribution in [0.5, 0.6) is 0 Å². The second-order valence-electron chi connectivity index (χ2n) is 7.42. The first-order valence-electron chi connectivity index (χ1n) is 7.04. The number of nitrogens with one attached hydrogen (secondary N) is 1. The first kappa shape index (κ1) is 21.2. The van der Waals surface area contributed by atoms with Gasteiger partial charge in [-0.3, -0.25) is 0 Å². The molecular weight excluding hydrogens is 380 g/mol. The molecule has 0 bridgehead atoms. The third-order valence-corrected chi connectivity index (χ3v) is 6.77. The van der Waals surface area contributed by atoms with Crippen LogP contribution in [0.25, 0.3) is 0 Å². The molecule has 0 aliphatic heterocycles. The minimum atomic E-state index is -0.625. The molecule has 1 aliphatic rings. The van der Waals surface area contributed by atoms with E-state index in [2.05, 4.69) is 70.8 Å². The molecule has 1 aromatic rings. The van der Waals surface area contributed by atoms with Crippen LogP contribution in [-0.4, -0.2) is 4.98 Å². The Bertz CT molecular complexity index is 528. The van der Waals surface area contributed by atoms with Crippen LogP contribution >= 0.6 is 0 Å². The van der Waals surface area contributed by atoms with E-state index in [9.17, 15) is 0 Å². The van der Waals surface area contributed by atoms with E-state index in [4.69, 9.17) is 0 Å². The average Bonchev–Trinajstić information content (AvgIpc) is 2.84. The third-order valence-electron chi connectivity index (χ3n) is 3.44. The summed E-state index contributed by atoms with van der Waals surface area (Å²) in [6.07, 6.45) is 8.02. The molecule has 2 rings (SSSR count). The van der Waals surface area contributed by atoms with Crippen molar-refractivity contribution in [3.8, 4) is 0 Å². The minimum Gasteiger partial charge on any atom is -1.00 e. The molecule has 116 valence electrons. The van der Waals surface area contributed by atoms with Crippen LogP contribution in [0.2, 0.25) is 0 Å². The van der Waals surface area contributed by atoms with Crippen molar-refractivity contribution in [3.63, 3.8) is 0 Å². The molecule has 4 heteroatoms. The van der Waals surface area contributed by atoms with E-state index in [1.807, 2.05) is 0 Å². The van der Waals surface area contributed by atoms with Gasteiger partial charge in [0.2, 0.25) is 0 Å². The van der Waals surface area contributed by atoms with Crippen molar-refractivity contribution in [2.45, 2.75) is 58.8 Å². The molecule has 1 nitrogen and oxygen atoms in total. The van der Waals surface area contributed by atoms with Crippen molar-refractivity contribution in [1.82, 2.24) is 4.98 Å². The summed E-state index contributed by atoms with van der Waals surface area (Å²) in [5.74, 6) is 0. The van der Waals surface area contributed by atoms with E-state index in [1.54, 1.807) is 6.55 Å². The van der Waals surface area contributed by atoms with Gasteiger partial charge in [0.25, 0.3) is 0 Å². The van der Waals surface area contributed by atoms with Crippen LogP contribution in [0.15, 0.2) is 27.6 Å². The molecule has 0 unspecified atom stereocenters. The molecule has 0 saturated heterocycles. The largest absolute Gasteiger partial charge is 1.00 e. The molecule has 21 heavy (non-hydrogen) atoms. The van der Waals surface area contributed by atoms with E-state index in [0.717, 1.165) is 0 Å². The van der Waals surface area contributed by atoms with Crippen LogP contribution in [-0.2, 0) is 34.1 Å². The van der Waals surface area contributed by atoms with Gasteiger partial charge in [0.1, 0.15) is 0 Å². The topological polar surface area (TPSA) is 15.8 Å². The number of allylic oxidation sites excluding steroid dienone is 4. The second kappa shape index (κ2) is 7.67. The Kier molecular flexibility index (Phi) is 7.75. The van der Waals surface area contributed by atoms with E-state index in [1.165, 1.54) is 17.8 Å². The number of H-pyrrole nitrogens is 1. The van der Waals surface area contributed by atoms with Gasteiger partial charge < -0.3 is 24.8 Å².